The van der Waals surface area contributed by atoms with Crippen molar-refractivity contribution in [3.63, 3.8) is 0 Å². The zero-order valence-corrected chi connectivity index (χ0v) is 9.60. The third kappa shape index (κ3) is 3.66. The first-order valence-electron chi connectivity index (χ1n) is 5.08. The fourth-order valence-electron chi connectivity index (χ4n) is 1.47. The molecule has 0 aromatic rings. The van der Waals surface area contributed by atoms with Crippen LogP contribution in [0.3, 0.4) is 0 Å². The van der Waals surface area contributed by atoms with Crippen LogP contribution in [0.4, 0.5) is 0 Å². The first kappa shape index (κ1) is 14.6. The molecule has 1 rings (SSSR count). The van der Waals surface area contributed by atoms with Crippen LogP contribution in [0.5, 0.6) is 0 Å². The van der Waals surface area contributed by atoms with E-state index in [0.717, 1.165) is 0 Å². The van der Waals surface area contributed by atoms with E-state index in [1.165, 1.54) is 0 Å². The molecule has 0 radical (unpaired) electrons. The molecule has 0 spiro atoms. The van der Waals surface area contributed by atoms with Gasteiger partial charge in [0.05, 0.1) is 19.1 Å². The highest BCUT2D eigenvalue weighted by Crippen LogP contribution is 2.39. The molecule has 0 amide bonds. The minimum absolute atomic E-state index is 0.277. The topological polar surface area (TPSA) is 87.1 Å². The molecular formula is C11H18O5. The van der Waals surface area contributed by atoms with Gasteiger partial charge in [-0.15, -0.1) is 6.58 Å². The number of hydrogen-bond acceptors (Lipinski definition) is 3. The molecule has 0 bridgehead atoms. The first-order valence-corrected chi connectivity index (χ1v) is 5.08. The van der Waals surface area contributed by atoms with E-state index in [1.807, 2.05) is 6.92 Å². The van der Waals surface area contributed by atoms with Crippen molar-refractivity contribution in [2.24, 2.45) is 5.41 Å². The average molecular weight is 230 g/mol. The first-order chi connectivity index (χ1) is 7.44. The monoisotopic (exact) mass is 230 g/mol. The van der Waals surface area contributed by atoms with Gasteiger partial charge < -0.3 is 14.9 Å². The molecule has 16 heavy (non-hydrogen) atoms. The van der Waals surface area contributed by atoms with Crippen molar-refractivity contribution < 1.29 is 24.5 Å². The van der Waals surface area contributed by atoms with Crippen molar-refractivity contribution in [3.05, 3.63) is 12.7 Å². The lowest BCUT2D eigenvalue weighted by atomic mass is 9.79. The Morgan fingerprint density at radius 1 is 1.56 bits per heavy atom. The molecular weight excluding hydrogens is 212 g/mol. The number of carbonyl (C=O) groups is 2. The molecule has 92 valence electrons. The maximum absolute atomic E-state index is 10.9. The van der Waals surface area contributed by atoms with E-state index in [9.17, 15) is 9.59 Å². The number of hydrogen-bond donors (Lipinski definition) is 2. The van der Waals surface area contributed by atoms with Gasteiger partial charge in [0.2, 0.25) is 0 Å². The summed E-state index contributed by atoms with van der Waals surface area (Å²) in [4.78, 5) is 21.4. The number of epoxide rings is 1. The van der Waals surface area contributed by atoms with Gasteiger partial charge in [-0.25, -0.2) is 0 Å². The number of carboxylic acids is 2. The molecule has 0 aromatic heterocycles. The summed E-state index contributed by atoms with van der Waals surface area (Å²) in [6.07, 6.45) is 1.23. The molecule has 2 unspecified atom stereocenters. The van der Waals surface area contributed by atoms with Crippen LogP contribution in [0, 0.1) is 5.41 Å². The Kier molecular flexibility index (Phi) is 5.74. The van der Waals surface area contributed by atoms with E-state index in [2.05, 4.69) is 6.58 Å². The molecule has 1 aliphatic rings. The molecule has 0 aromatic carbocycles. The summed E-state index contributed by atoms with van der Waals surface area (Å²) in [5.74, 6) is -2.18. The molecule has 1 heterocycles. The van der Waals surface area contributed by atoms with Gasteiger partial charge in [0, 0.05) is 0 Å². The van der Waals surface area contributed by atoms with E-state index < -0.39 is 23.5 Å². The molecule has 2 atom stereocenters. The van der Waals surface area contributed by atoms with Gasteiger partial charge in [-0.2, -0.15) is 0 Å². The van der Waals surface area contributed by atoms with Crippen LogP contribution in [0.2, 0.25) is 0 Å². The Balaban J connectivity index is 0.000000673. The Hall–Kier alpha value is -1.36. The van der Waals surface area contributed by atoms with Crippen LogP contribution in [-0.2, 0) is 14.3 Å². The third-order valence-electron chi connectivity index (χ3n) is 2.47. The highest BCUT2D eigenvalue weighted by Gasteiger charge is 2.52. The molecule has 0 aliphatic carbocycles. The minimum atomic E-state index is -1.23. The van der Waals surface area contributed by atoms with Crippen LogP contribution >= 0.6 is 0 Å². The number of allylic oxidation sites excluding steroid dienone is 1. The number of rotatable bonds is 5. The molecule has 5 heteroatoms. The van der Waals surface area contributed by atoms with Crippen LogP contribution in [0.15, 0.2) is 12.7 Å². The summed E-state index contributed by atoms with van der Waals surface area (Å²) in [6, 6.07) is 0. The van der Waals surface area contributed by atoms with Gasteiger partial charge in [-0.1, -0.05) is 13.0 Å². The third-order valence-corrected chi connectivity index (χ3v) is 2.47. The maximum atomic E-state index is 10.9. The van der Waals surface area contributed by atoms with E-state index in [-0.39, 0.29) is 12.8 Å². The quantitative estimate of drug-likeness (QED) is 0.552. The van der Waals surface area contributed by atoms with Crippen molar-refractivity contribution >= 4 is 11.9 Å². The lowest BCUT2D eigenvalue weighted by Crippen LogP contribution is -2.38. The van der Waals surface area contributed by atoms with Crippen LogP contribution in [-0.4, -0.2) is 34.9 Å². The van der Waals surface area contributed by atoms with Gasteiger partial charge in [0.1, 0.15) is 5.41 Å². The summed E-state index contributed by atoms with van der Waals surface area (Å²) in [7, 11) is 0. The van der Waals surface area contributed by atoms with E-state index in [4.69, 9.17) is 14.9 Å². The Morgan fingerprint density at radius 3 is 2.19 bits per heavy atom. The van der Waals surface area contributed by atoms with Gasteiger partial charge in [-0.05, 0) is 13.3 Å². The van der Waals surface area contributed by atoms with Crippen molar-refractivity contribution in [2.75, 3.05) is 6.61 Å². The molecule has 5 nitrogen and oxygen atoms in total. The van der Waals surface area contributed by atoms with Gasteiger partial charge in [0.25, 0.3) is 0 Å². The number of ether oxygens (including phenoxy) is 1. The van der Waals surface area contributed by atoms with Crippen LogP contribution < -0.4 is 0 Å². The summed E-state index contributed by atoms with van der Waals surface area (Å²) in [5.41, 5.74) is -1.23. The SMILES string of the molecule is C=CC.CCC(CC(=O)O)(C(=O)O)C1CO1. The van der Waals surface area contributed by atoms with Crippen LogP contribution in [0.1, 0.15) is 26.7 Å². The second-order valence-corrected chi connectivity index (χ2v) is 3.62. The van der Waals surface area contributed by atoms with E-state index >= 15 is 0 Å². The Labute approximate surface area is 94.7 Å². The maximum Gasteiger partial charge on any atom is 0.312 e. The molecule has 1 aliphatic heterocycles. The van der Waals surface area contributed by atoms with Crippen molar-refractivity contribution in [2.45, 2.75) is 32.8 Å². The predicted octanol–water partition coefficient (Wildman–Crippen LogP) is 1.53. The largest absolute Gasteiger partial charge is 0.481 e. The van der Waals surface area contributed by atoms with Crippen LogP contribution in [0.25, 0.3) is 0 Å². The standard InChI is InChI=1S/C8H12O5.C3H6/c1-2-8(7(11)12,3-6(9)10)5-4-13-5;1-3-2/h5H,2-4H2,1H3,(H,9,10)(H,11,12);3H,1H2,2H3. The van der Waals surface area contributed by atoms with Gasteiger partial charge >= 0.3 is 11.9 Å². The highest BCUT2D eigenvalue weighted by atomic mass is 16.6. The average Bonchev–Trinajstić information content (AvgIpc) is 2.98. The second kappa shape index (κ2) is 6.27. The second-order valence-electron chi connectivity index (χ2n) is 3.62. The fraction of sp³-hybridized carbons (Fsp3) is 0.636. The van der Waals surface area contributed by atoms with Crippen molar-refractivity contribution in [1.29, 1.82) is 0 Å². The lowest BCUT2D eigenvalue weighted by Gasteiger charge is -2.23. The number of carboxylic acid groups (broad SMARTS) is 2. The van der Waals surface area contributed by atoms with Gasteiger partial charge in [-0.3, -0.25) is 9.59 Å². The van der Waals surface area contributed by atoms with Gasteiger partial charge in [0.15, 0.2) is 0 Å². The highest BCUT2D eigenvalue weighted by molar-refractivity contribution is 5.82. The fourth-order valence-corrected chi connectivity index (χ4v) is 1.47. The van der Waals surface area contributed by atoms with Crippen molar-refractivity contribution in [1.82, 2.24) is 0 Å². The summed E-state index contributed by atoms with van der Waals surface area (Å²) in [5, 5.41) is 17.5. The summed E-state index contributed by atoms with van der Waals surface area (Å²) >= 11 is 0. The zero-order valence-electron chi connectivity index (χ0n) is 9.60. The van der Waals surface area contributed by atoms with E-state index in [0.29, 0.717) is 6.61 Å². The summed E-state index contributed by atoms with van der Waals surface area (Å²) < 4.78 is 4.88. The normalized spacial score (nSPS) is 21.0. The molecule has 1 saturated heterocycles. The zero-order chi connectivity index (χ0) is 12.8. The number of aliphatic carboxylic acids is 2. The van der Waals surface area contributed by atoms with E-state index in [1.54, 1.807) is 13.0 Å². The smallest absolute Gasteiger partial charge is 0.312 e. The predicted molar refractivity (Wildman–Crippen MR) is 58.2 cm³/mol. The Morgan fingerprint density at radius 2 is 2.00 bits per heavy atom. The van der Waals surface area contributed by atoms with Crippen molar-refractivity contribution in [3.8, 4) is 0 Å². The molecule has 2 N–H and O–H groups in total. The Bertz CT molecular complexity index is 270. The molecule has 0 saturated carbocycles. The molecule has 1 fully saturated rings. The lowest BCUT2D eigenvalue weighted by molar-refractivity contribution is -0.157. The summed E-state index contributed by atoms with van der Waals surface area (Å²) in [6.45, 7) is 7.27. The minimum Gasteiger partial charge on any atom is -0.481 e.